The van der Waals surface area contributed by atoms with E-state index in [0.29, 0.717) is 5.41 Å². The largest absolute Gasteiger partial charge is 0.0625 e. The zero-order valence-electron chi connectivity index (χ0n) is 12.7. The van der Waals surface area contributed by atoms with Gasteiger partial charge in [0.15, 0.2) is 0 Å². The smallest absolute Gasteiger partial charge is 0.0354 e. The Hall–Kier alpha value is 0. The third kappa shape index (κ3) is 6.48. The molecule has 0 bridgehead atoms. The maximum absolute atomic E-state index is 2.45. The van der Waals surface area contributed by atoms with Crippen molar-refractivity contribution in [2.45, 2.75) is 91.9 Å². The van der Waals surface area contributed by atoms with Crippen LogP contribution in [0, 0.1) is 17.3 Å². The van der Waals surface area contributed by atoms with Gasteiger partial charge in [0.2, 0.25) is 0 Å². The molecule has 0 heteroatoms. The average molecular weight is 238 g/mol. The molecule has 0 heterocycles. The molecule has 2 atom stereocenters. The molecule has 1 aliphatic rings. The van der Waals surface area contributed by atoms with Gasteiger partial charge >= 0.3 is 0 Å². The third-order valence-corrected chi connectivity index (χ3v) is 4.72. The third-order valence-electron chi connectivity index (χ3n) is 4.72. The van der Waals surface area contributed by atoms with Gasteiger partial charge in [0.1, 0.15) is 0 Å². The predicted molar refractivity (Wildman–Crippen MR) is 78.3 cm³/mol. The molecule has 1 saturated carbocycles. The molecule has 0 nitrogen and oxygen atoms in total. The molecule has 0 spiro atoms. The molecule has 2 unspecified atom stereocenters. The summed E-state index contributed by atoms with van der Waals surface area (Å²) in [7, 11) is 0. The highest BCUT2D eigenvalue weighted by atomic mass is 14.3. The van der Waals surface area contributed by atoms with E-state index in [4.69, 9.17) is 0 Å². The van der Waals surface area contributed by atoms with Crippen LogP contribution in [0.25, 0.3) is 0 Å². The molecule has 0 aromatic heterocycles. The Bertz CT molecular complexity index is 187. The normalized spacial score (nSPS) is 30.4. The van der Waals surface area contributed by atoms with Crippen molar-refractivity contribution in [3.05, 3.63) is 0 Å². The lowest BCUT2D eigenvalue weighted by Crippen LogP contribution is -2.20. The Balaban J connectivity index is 2.42. The van der Waals surface area contributed by atoms with Gasteiger partial charge in [-0.25, -0.2) is 0 Å². The van der Waals surface area contributed by atoms with E-state index in [-0.39, 0.29) is 0 Å². The molecule has 0 aromatic carbocycles. The Kier molecular flexibility index (Phi) is 6.59. The number of hydrogen-bond donors (Lipinski definition) is 0. The summed E-state index contributed by atoms with van der Waals surface area (Å²) >= 11 is 0. The lowest BCUT2D eigenvalue weighted by atomic mass is 9.74. The molecule has 0 aromatic rings. The molecule has 1 fully saturated rings. The molecule has 0 saturated heterocycles. The van der Waals surface area contributed by atoms with Gasteiger partial charge in [0.05, 0.1) is 0 Å². The number of hydrogen-bond acceptors (Lipinski definition) is 0. The van der Waals surface area contributed by atoms with Crippen LogP contribution in [-0.4, -0.2) is 0 Å². The van der Waals surface area contributed by atoms with Gasteiger partial charge in [0.25, 0.3) is 0 Å². The van der Waals surface area contributed by atoms with E-state index in [1.54, 1.807) is 0 Å². The first-order chi connectivity index (χ1) is 8.00. The Morgan fingerprint density at radius 2 is 1.06 bits per heavy atom. The van der Waals surface area contributed by atoms with Crippen molar-refractivity contribution in [1.82, 2.24) is 0 Å². The van der Waals surface area contributed by atoms with E-state index in [2.05, 4.69) is 27.7 Å². The Morgan fingerprint density at radius 3 is 1.59 bits per heavy atom. The van der Waals surface area contributed by atoms with Gasteiger partial charge in [-0.15, -0.1) is 0 Å². The van der Waals surface area contributed by atoms with Crippen molar-refractivity contribution in [3.8, 4) is 0 Å². The monoisotopic (exact) mass is 238 g/mol. The second kappa shape index (κ2) is 7.44. The van der Waals surface area contributed by atoms with Crippen molar-refractivity contribution in [1.29, 1.82) is 0 Å². The highest BCUT2D eigenvalue weighted by Gasteiger charge is 2.23. The summed E-state index contributed by atoms with van der Waals surface area (Å²) in [5.41, 5.74) is 0.524. The summed E-state index contributed by atoms with van der Waals surface area (Å²) in [6.07, 6.45) is 14.7. The van der Waals surface area contributed by atoms with Crippen LogP contribution in [0.15, 0.2) is 0 Å². The molecule has 1 rings (SSSR count). The molecule has 1 aliphatic carbocycles. The van der Waals surface area contributed by atoms with Crippen LogP contribution in [0.5, 0.6) is 0 Å². The number of rotatable bonds is 0. The van der Waals surface area contributed by atoms with E-state index in [9.17, 15) is 0 Å². The van der Waals surface area contributed by atoms with Gasteiger partial charge in [-0.05, 0) is 30.1 Å². The Morgan fingerprint density at radius 1 is 0.647 bits per heavy atom. The minimum Gasteiger partial charge on any atom is -0.0625 e. The molecule has 0 amide bonds. The minimum atomic E-state index is 0.524. The van der Waals surface area contributed by atoms with Gasteiger partial charge in [-0.1, -0.05) is 79.1 Å². The van der Waals surface area contributed by atoms with Crippen LogP contribution in [0.2, 0.25) is 0 Å². The first-order valence-electron chi connectivity index (χ1n) is 8.00. The molecule has 17 heavy (non-hydrogen) atoms. The summed E-state index contributed by atoms with van der Waals surface area (Å²) in [6.45, 7) is 9.76. The van der Waals surface area contributed by atoms with Gasteiger partial charge in [0, 0.05) is 0 Å². The van der Waals surface area contributed by atoms with Crippen molar-refractivity contribution >= 4 is 0 Å². The van der Waals surface area contributed by atoms with Crippen LogP contribution in [-0.2, 0) is 0 Å². The summed E-state index contributed by atoms with van der Waals surface area (Å²) in [5, 5.41) is 0. The first kappa shape index (κ1) is 15.1. The van der Waals surface area contributed by atoms with E-state index in [1.807, 2.05) is 0 Å². The zero-order chi connectivity index (χ0) is 12.7. The van der Waals surface area contributed by atoms with Gasteiger partial charge in [-0.3, -0.25) is 0 Å². The van der Waals surface area contributed by atoms with Crippen molar-refractivity contribution in [2.24, 2.45) is 17.3 Å². The quantitative estimate of drug-likeness (QED) is 0.471. The maximum atomic E-state index is 2.45. The van der Waals surface area contributed by atoms with Crippen molar-refractivity contribution < 1.29 is 0 Å². The van der Waals surface area contributed by atoms with Crippen LogP contribution >= 0.6 is 0 Å². The lowest BCUT2D eigenvalue weighted by molar-refractivity contribution is 0.198. The van der Waals surface area contributed by atoms with Crippen LogP contribution in [0.1, 0.15) is 91.9 Å². The predicted octanol–water partition coefficient (Wildman–Crippen LogP) is 6.20. The topological polar surface area (TPSA) is 0 Å². The summed E-state index contributed by atoms with van der Waals surface area (Å²) in [5.74, 6) is 1.93. The summed E-state index contributed by atoms with van der Waals surface area (Å²) < 4.78 is 0. The van der Waals surface area contributed by atoms with Crippen LogP contribution < -0.4 is 0 Å². The van der Waals surface area contributed by atoms with Crippen LogP contribution in [0.3, 0.4) is 0 Å². The fraction of sp³-hybridized carbons (Fsp3) is 1.00. The standard InChI is InChI=1S/C17H34/c1-15-11-7-5-6-8-13-16(17(2,3)4)14-10-9-12-15/h15-16H,5-14H2,1-4H3. The van der Waals surface area contributed by atoms with Crippen molar-refractivity contribution in [2.75, 3.05) is 0 Å². The second-order valence-corrected chi connectivity index (χ2v) is 7.44. The van der Waals surface area contributed by atoms with Crippen molar-refractivity contribution in [3.63, 3.8) is 0 Å². The highest BCUT2D eigenvalue weighted by Crippen LogP contribution is 2.35. The lowest BCUT2D eigenvalue weighted by Gasteiger charge is -2.31. The first-order valence-corrected chi connectivity index (χ1v) is 8.00. The molecular formula is C17H34. The van der Waals surface area contributed by atoms with Gasteiger partial charge in [-0.2, -0.15) is 0 Å². The molecule has 0 aliphatic heterocycles. The molecule has 0 N–H and O–H groups in total. The fourth-order valence-corrected chi connectivity index (χ4v) is 3.28. The van der Waals surface area contributed by atoms with E-state index in [1.165, 1.54) is 64.2 Å². The van der Waals surface area contributed by atoms with Gasteiger partial charge < -0.3 is 0 Å². The Labute approximate surface area is 110 Å². The molecular weight excluding hydrogens is 204 g/mol. The maximum Gasteiger partial charge on any atom is -0.0354 e. The fourth-order valence-electron chi connectivity index (χ4n) is 3.28. The highest BCUT2D eigenvalue weighted by molar-refractivity contribution is 4.74. The second-order valence-electron chi connectivity index (χ2n) is 7.44. The summed E-state index contributed by atoms with van der Waals surface area (Å²) in [4.78, 5) is 0. The van der Waals surface area contributed by atoms with E-state index >= 15 is 0 Å². The minimum absolute atomic E-state index is 0.524. The van der Waals surface area contributed by atoms with E-state index in [0.717, 1.165) is 11.8 Å². The molecule has 102 valence electrons. The zero-order valence-corrected chi connectivity index (χ0v) is 12.7. The van der Waals surface area contributed by atoms with Crippen LogP contribution in [0.4, 0.5) is 0 Å². The van der Waals surface area contributed by atoms with E-state index < -0.39 is 0 Å². The summed E-state index contributed by atoms with van der Waals surface area (Å²) in [6, 6.07) is 0. The molecule has 0 radical (unpaired) electrons. The average Bonchev–Trinajstić information content (AvgIpc) is 2.21. The SMILES string of the molecule is CC1CCCCCCC(C(C)(C)C)CCCC1.